The van der Waals surface area contributed by atoms with Crippen LogP contribution in [0.3, 0.4) is 0 Å². The van der Waals surface area contributed by atoms with Gasteiger partial charge in [0.25, 0.3) is 0 Å². The van der Waals surface area contributed by atoms with Crippen LogP contribution in [0.15, 0.2) is 29.4 Å². The van der Waals surface area contributed by atoms with E-state index in [1.165, 1.54) is 17.3 Å². The third-order valence-corrected chi connectivity index (χ3v) is 4.73. The number of nitrogens with one attached hydrogen (secondary N) is 1. The number of rotatable bonds is 7. The minimum absolute atomic E-state index is 0.0450. The van der Waals surface area contributed by atoms with Gasteiger partial charge in [0.05, 0.1) is 5.25 Å². The second-order valence-electron chi connectivity index (χ2n) is 5.64. The molecule has 1 amide bonds. The summed E-state index contributed by atoms with van der Waals surface area (Å²) in [6, 6.07) is 8.17. The van der Waals surface area contributed by atoms with Gasteiger partial charge in [-0.05, 0) is 26.3 Å². The molecule has 1 heterocycles. The van der Waals surface area contributed by atoms with Crippen LogP contribution in [0.2, 0.25) is 0 Å². The van der Waals surface area contributed by atoms with Crippen LogP contribution in [0.5, 0.6) is 0 Å². The molecule has 1 atom stereocenters. The molecular weight excluding hydrogens is 308 g/mol. The summed E-state index contributed by atoms with van der Waals surface area (Å²) in [7, 11) is 1.93. The van der Waals surface area contributed by atoms with E-state index in [-0.39, 0.29) is 11.2 Å². The minimum Gasteiger partial charge on any atom is -0.355 e. The van der Waals surface area contributed by atoms with Gasteiger partial charge in [-0.15, -0.1) is 10.2 Å². The molecule has 1 aromatic carbocycles. The van der Waals surface area contributed by atoms with Crippen LogP contribution >= 0.6 is 11.8 Å². The fourth-order valence-electron chi connectivity index (χ4n) is 2.20. The Labute approximate surface area is 141 Å². The Morgan fingerprint density at radius 1 is 1.39 bits per heavy atom. The van der Waals surface area contributed by atoms with Crippen LogP contribution in [0, 0.1) is 6.92 Å². The zero-order valence-corrected chi connectivity index (χ0v) is 15.0. The van der Waals surface area contributed by atoms with E-state index in [1.54, 1.807) is 0 Å². The number of benzene rings is 1. The Kier molecular flexibility index (Phi) is 6.21. The molecule has 1 aromatic heterocycles. The molecule has 0 bridgehead atoms. The van der Waals surface area contributed by atoms with E-state index in [0.717, 1.165) is 35.9 Å². The number of aromatic nitrogens is 3. The van der Waals surface area contributed by atoms with E-state index < -0.39 is 0 Å². The lowest BCUT2D eigenvalue weighted by Crippen LogP contribution is -2.31. The number of aryl methyl sites for hydroxylation is 1. The monoisotopic (exact) mass is 332 g/mol. The Balaban J connectivity index is 2.06. The maximum Gasteiger partial charge on any atom is 0.233 e. The topological polar surface area (TPSA) is 59.8 Å². The van der Waals surface area contributed by atoms with Crippen LogP contribution in [-0.4, -0.2) is 32.5 Å². The smallest absolute Gasteiger partial charge is 0.233 e. The van der Waals surface area contributed by atoms with Gasteiger partial charge in [0.1, 0.15) is 0 Å². The molecule has 2 aromatic rings. The fourth-order valence-corrected chi connectivity index (χ4v) is 3.04. The quantitative estimate of drug-likeness (QED) is 0.625. The molecule has 6 heteroatoms. The molecule has 0 aliphatic carbocycles. The number of thioether (sulfide) groups is 1. The molecule has 0 fully saturated rings. The molecule has 1 unspecified atom stereocenters. The van der Waals surface area contributed by atoms with Crippen molar-refractivity contribution < 1.29 is 4.79 Å². The average molecular weight is 332 g/mol. The number of hydrogen-bond acceptors (Lipinski definition) is 4. The first-order chi connectivity index (χ1) is 11.0. The molecule has 2 rings (SSSR count). The zero-order chi connectivity index (χ0) is 16.8. The van der Waals surface area contributed by atoms with Gasteiger partial charge in [0.15, 0.2) is 11.0 Å². The summed E-state index contributed by atoms with van der Waals surface area (Å²) in [5, 5.41) is 12.0. The molecule has 0 saturated carbocycles. The van der Waals surface area contributed by atoms with Crippen LogP contribution in [-0.2, 0) is 11.8 Å². The average Bonchev–Trinajstić information content (AvgIpc) is 2.88. The van der Waals surface area contributed by atoms with Gasteiger partial charge in [-0.25, -0.2) is 0 Å². The molecule has 0 saturated heterocycles. The van der Waals surface area contributed by atoms with Gasteiger partial charge in [0.2, 0.25) is 5.91 Å². The molecule has 0 radical (unpaired) electrons. The molecule has 0 aliphatic heterocycles. The van der Waals surface area contributed by atoms with Crippen molar-refractivity contribution in [2.75, 3.05) is 6.54 Å². The van der Waals surface area contributed by atoms with Gasteiger partial charge < -0.3 is 9.88 Å². The zero-order valence-electron chi connectivity index (χ0n) is 14.2. The summed E-state index contributed by atoms with van der Waals surface area (Å²) in [5.41, 5.74) is 2.22. The minimum atomic E-state index is -0.194. The van der Waals surface area contributed by atoms with Crippen molar-refractivity contribution in [3.05, 3.63) is 29.8 Å². The van der Waals surface area contributed by atoms with Gasteiger partial charge >= 0.3 is 0 Å². The van der Waals surface area contributed by atoms with Crippen LogP contribution < -0.4 is 5.32 Å². The van der Waals surface area contributed by atoms with E-state index in [0.29, 0.717) is 0 Å². The molecular formula is C17H24N4OS. The summed E-state index contributed by atoms with van der Waals surface area (Å²) in [4.78, 5) is 12.1. The highest BCUT2D eigenvalue weighted by atomic mass is 32.2. The number of nitrogens with zero attached hydrogens (tertiary/aromatic N) is 3. The van der Waals surface area contributed by atoms with Crippen molar-refractivity contribution in [3.8, 4) is 11.4 Å². The third-order valence-electron chi connectivity index (χ3n) is 3.59. The highest BCUT2D eigenvalue weighted by Crippen LogP contribution is 2.26. The number of carbonyl (C=O) groups excluding carboxylic acids is 1. The highest BCUT2D eigenvalue weighted by Gasteiger charge is 2.19. The first-order valence-electron chi connectivity index (χ1n) is 7.93. The standard InChI is InChI=1S/C17H24N4OS/c1-5-6-10-18-16(22)13(3)23-17-20-19-15(21(17)4)14-9-7-8-12(2)11-14/h7-9,11,13H,5-6,10H2,1-4H3,(H,18,22). The van der Waals surface area contributed by atoms with Crippen molar-refractivity contribution in [3.63, 3.8) is 0 Å². The predicted molar refractivity (Wildman–Crippen MR) is 94.4 cm³/mol. The van der Waals surface area contributed by atoms with Crippen LogP contribution in [0.25, 0.3) is 11.4 Å². The lowest BCUT2D eigenvalue weighted by atomic mass is 10.1. The summed E-state index contributed by atoms with van der Waals surface area (Å²) >= 11 is 1.43. The largest absolute Gasteiger partial charge is 0.355 e. The van der Waals surface area contributed by atoms with Crippen molar-refractivity contribution in [2.45, 2.75) is 44.0 Å². The van der Waals surface area contributed by atoms with Gasteiger partial charge in [0, 0.05) is 19.2 Å². The van der Waals surface area contributed by atoms with E-state index >= 15 is 0 Å². The van der Waals surface area contributed by atoms with Crippen LogP contribution in [0.4, 0.5) is 0 Å². The Morgan fingerprint density at radius 2 is 2.17 bits per heavy atom. The number of amides is 1. The first-order valence-corrected chi connectivity index (χ1v) is 8.81. The van der Waals surface area contributed by atoms with E-state index in [9.17, 15) is 4.79 Å². The van der Waals surface area contributed by atoms with Crippen molar-refractivity contribution in [2.24, 2.45) is 7.05 Å². The number of unbranched alkanes of at least 4 members (excludes halogenated alkanes) is 1. The first kappa shape index (κ1) is 17.5. The van der Waals surface area contributed by atoms with E-state index in [2.05, 4.69) is 41.5 Å². The Bertz CT molecular complexity index is 668. The predicted octanol–water partition coefficient (Wildman–Crippen LogP) is 3.19. The lowest BCUT2D eigenvalue weighted by Gasteiger charge is -2.11. The Morgan fingerprint density at radius 3 is 2.87 bits per heavy atom. The second-order valence-corrected chi connectivity index (χ2v) is 6.95. The number of carbonyl (C=O) groups is 1. The van der Waals surface area contributed by atoms with Crippen molar-refractivity contribution in [1.29, 1.82) is 0 Å². The van der Waals surface area contributed by atoms with Crippen molar-refractivity contribution in [1.82, 2.24) is 20.1 Å². The van der Waals surface area contributed by atoms with E-state index in [1.807, 2.05) is 30.7 Å². The fraction of sp³-hybridized carbons (Fsp3) is 0.471. The van der Waals surface area contributed by atoms with E-state index in [4.69, 9.17) is 0 Å². The van der Waals surface area contributed by atoms with Crippen LogP contribution in [0.1, 0.15) is 32.3 Å². The molecule has 23 heavy (non-hydrogen) atoms. The summed E-state index contributed by atoms with van der Waals surface area (Å²) in [6.45, 7) is 6.79. The third kappa shape index (κ3) is 4.58. The summed E-state index contributed by atoms with van der Waals surface area (Å²) in [5.74, 6) is 0.860. The molecule has 5 nitrogen and oxygen atoms in total. The Hall–Kier alpha value is -1.82. The maximum atomic E-state index is 12.1. The molecule has 124 valence electrons. The summed E-state index contributed by atoms with van der Waals surface area (Å²) < 4.78 is 1.94. The van der Waals surface area contributed by atoms with Gasteiger partial charge in [-0.1, -0.05) is 48.9 Å². The molecule has 1 N–H and O–H groups in total. The normalized spacial score (nSPS) is 12.2. The lowest BCUT2D eigenvalue weighted by molar-refractivity contribution is -0.120. The second kappa shape index (κ2) is 8.15. The highest BCUT2D eigenvalue weighted by molar-refractivity contribution is 8.00. The SMILES string of the molecule is CCCCNC(=O)C(C)Sc1nnc(-c2cccc(C)c2)n1C. The summed E-state index contributed by atoms with van der Waals surface area (Å²) in [6.07, 6.45) is 2.08. The maximum absolute atomic E-state index is 12.1. The van der Waals surface area contributed by atoms with Gasteiger partial charge in [-0.3, -0.25) is 4.79 Å². The van der Waals surface area contributed by atoms with Gasteiger partial charge in [-0.2, -0.15) is 0 Å². The molecule has 0 aliphatic rings. The molecule has 0 spiro atoms. The van der Waals surface area contributed by atoms with Crippen molar-refractivity contribution >= 4 is 17.7 Å². The number of hydrogen-bond donors (Lipinski definition) is 1.